The van der Waals surface area contributed by atoms with E-state index in [1.807, 2.05) is 31.2 Å². The van der Waals surface area contributed by atoms with Crippen LogP contribution in [0.25, 0.3) is 11.1 Å². The lowest BCUT2D eigenvalue weighted by molar-refractivity contribution is 0.0697. The molecule has 0 spiro atoms. The Morgan fingerprint density at radius 2 is 1.80 bits per heavy atom. The molecule has 2 heteroatoms. The summed E-state index contributed by atoms with van der Waals surface area (Å²) in [5.74, 6) is -0.880. The number of rotatable bonds is 5. The third-order valence-corrected chi connectivity index (χ3v) is 3.49. The number of hydrogen-bond donors (Lipinski definition) is 1. The monoisotopic (exact) mass is 268 g/mol. The van der Waals surface area contributed by atoms with Gasteiger partial charge in [0.2, 0.25) is 0 Å². The number of aryl methyl sites for hydroxylation is 2. The molecule has 0 heterocycles. The molecule has 0 radical (unpaired) electrons. The maximum Gasteiger partial charge on any atom is 0.336 e. The van der Waals surface area contributed by atoms with E-state index in [0.29, 0.717) is 5.56 Å². The second-order valence-electron chi connectivity index (χ2n) is 5.15. The average Bonchev–Trinajstić information content (AvgIpc) is 2.45. The van der Waals surface area contributed by atoms with Crippen molar-refractivity contribution in [1.29, 1.82) is 0 Å². The Kier molecular flexibility index (Phi) is 4.57. The normalized spacial score (nSPS) is 10.5. The predicted octanol–water partition coefficient (Wildman–Crippen LogP) is 4.70. The number of carboxylic acids is 1. The second-order valence-corrected chi connectivity index (χ2v) is 5.15. The third-order valence-electron chi connectivity index (χ3n) is 3.49. The Labute approximate surface area is 120 Å². The molecule has 1 N–H and O–H groups in total. The maximum atomic E-state index is 11.3. The van der Waals surface area contributed by atoms with Gasteiger partial charge in [0, 0.05) is 0 Å². The fourth-order valence-electron chi connectivity index (χ4n) is 2.32. The van der Waals surface area contributed by atoms with Crippen molar-refractivity contribution in [3.63, 3.8) is 0 Å². The molecule has 2 rings (SSSR count). The van der Waals surface area contributed by atoms with Gasteiger partial charge in [-0.1, -0.05) is 55.3 Å². The summed E-state index contributed by atoms with van der Waals surface area (Å²) in [6.07, 6.45) is 3.45. The largest absolute Gasteiger partial charge is 0.478 e. The molecule has 2 nitrogen and oxygen atoms in total. The fraction of sp³-hybridized carbons (Fsp3) is 0.278. The maximum absolute atomic E-state index is 11.3. The summed E-state index contributed by atoms with van der Waals surface area (Å²) in [6.45, 7) is 4.16. The predicted molar refractivity (Wildman–Crippen MR) is 82.2 cm³/mol. The third kappa shape index (κ3) is 3.27. The number of hydrogen-bond acceptors (Lipinski definition) is 1. The lowest BCUT2D eigenvalue weighted by Crippen LogP contribution is -2.00. The van der Waals surface area contributed by atoms with E-state index in [1.165, 1.54) is 18.4 Å². The van der Waals surface area contributed by atoms with Gasteiger partial charge in [-0.25, -0.2) is 4.79 Å². The number of unbranched alkanes of at least 4 members (excludes halogenated alkanes) is 1. The van der Waals surface area contributed by atoms with Crippen molar-refractivity contribution in [2.24, 2.45) is 0 Å². The van der Waals surface area contributed by atoms with E-state index in [0.717, 1.165) is 23.1 Å². The zero-order valence-corrected chi connectivity index (χ0v) is 12.0. The Bertz CT molecular complexity index is 597. The summed E-state index contributed by atoms with van der Waals surface area (Å²) >= 11 is 0. The first-order valence-corrected chi connectivity index (χ1v) is 7.05. The summed E-state index contributed by atoms with van der Waals surface area (Å²) < 4.78 is 0. The van der Waals surface area contributed by atoms with Crippen LogP contribution in [0.3, 0.4) is 0 Å². The first-order chi connectivity index (χ1) is 9.61. The minimum atomic E-state index is -0.880. The molecule has 0 unspecified atom stereocenters. The smallest absolute Gasteiger partial charge is 0.336 e. The number of carbonyl (C=O) groups is 1. The number of aromatic carboxylic acids is 1. The van der Waals surface area contributed by atoms with Crippen LogP contribution in [-0.2, 0) is 6.42 Å². The van der Waals surface area contributed by atoms with Crippen LogP contribution < -0.4 is 0 Å². The van der Waals surface area contributed by atoms with E-state index in [-0.39, 0.29) is 0 Å². The zero-order chi connectivity index (χ0) is 14.5. The van der Waals surface area contributed by atoms with Gasteiger partial charge in [0.05, 0.1) is 5.56 Å². The van der Waals surface area contributed by atoms with Crippen LogP contribution in [0.1, 0.15) is 41.3 Å². The quantitative estimate of drug-likeness (QED) is 0.853. The molecule has 0 aromatic heterocycles. The Hall–Kier alpha value is -2.09. The van der Waals surface area contributed by atoms with Crippen molar-refractivity contribution < 1.29 is 9.90 Å². The molecule has 2 aromatic rings. The molecule has 0 aliphatic carbocycles. The van der Waals surface area contributed by atoms with Crippen LogP contribution in [0.5, 0.6) is 0 Å². The van der Waals surface area contributed by atoms with E-state index in [2.05, 4.69) is 19.1 Å². The minimum absolute atomic E-state index is 0.358. The Morgan fingerprint density at radius 1 is 1.10 bits per heavy atom. The van der Waals surface area contributed by atoms with Gasteiger partial charge in [0.25, 0.3) is 0 Å². The molecular weight excluding hydrogens is 248 g/mol. The molecule has 0 fully saturated rings. The molecule has 0 aliphatic rings. The Balaban J connectivity index is 2.36. The highest BCUT2D eigenvalue weighted by molar-refractivity contribution is 5.96. The lowest BCUT2D eigenvalue weighted by atomic mass is 9.96. The molecule has 0 saturated heterocycles. The van der Waals surface area contributed by atoms with Gasteiger partial charge in [-0.15, -0.1) is 0 Å². The van der Waals surface area contributed by atoms with Gasteiger partial charge in [-0.3, -0.25) is 0 Å². The molecule has 20 heavy (non-hydrogen) atoms. The zero-order valence-electron chi connectivity index (χ0n) is 12.0. The molecule has 2 aromatic carbocycles. The van der Waals surface area contributed by atoms with Crippen LogP contribution in [0.4, 0.5) is 0 Å². The second kappa shape index (κ2) is 6.38. The van der Waals surface area contributed by atoms with Crippen molar-refractivity contribution >= 4 is 5.97 Å². The molecule has 0 saturated carbocycles. The van der Waals surface area contributed by atoms with Crippen LogP contribution >= 0.6 is 0 Å². The van der Waals surface area contributed by atoms with E-state index < -0.39 is 5.97 Å². The first-order valence-electron chi connectivity index (χ1n) is 7.05. The van der Waals surface area contributed by atoms with Gasteiger partial charge in [-0.2, -0.15) is 0 Å². The topological polar surface area (TPSA) is 37.3 Å². The molecule has 0 bridgehead atoms. The van der Waals surface area contributed by atoms with Crippen molar-refractivity contribution in [2.75, 3.05) is 0 Å². The summed E-state index contributed by atoms with van der Waals surface area (Å²) in [6, 6.07) is 13.7. The minimum Gasteiger partial charge on any atom is -0.478 e. The van der Waals surface area contributed by atoms with E-state index >= 15 is 0 Å². The highest BCUT2D eigenvalue weighted by atomic mass is 16.4. The van der Waals surface area contributed by atoms with Gasteiger partial charge in [-0.05, 0) is 42.5 Å². The van der Waals surface area contributed by atoms with E-state index in [9.17, 15) is 9.90 Å². The van der Waals surface area contributed by atoms with Crippen LogP contribution in [0, 0.1) is 6.92 Å². The highest BCUT2D eigenvalue weighted by Gasteiger charge is 2.11. The van der Waals surface area contributed by atoms with Crippen molar-refractivity contribution in [2.45, 2.75) is 33.1 Å². The molecular formula is C18H20O2. The molecule has 0 aliphatic heterocycles. The fourth-order valence-corrected chi connectivity index (χ4v) is 2.32. The summed E-state index contributed by atoms with van der Waals surface area (Å²) in [4.78, 5) is 11.3. The van der Waals surface area contributed by atoms with Gasteiger partial charge < -0.3 is 5.11 Å². The van der Waals surface area contributed by atoms with Crippen molar-refractivity contribution in [1.82, 2.24) is 0 Å². The van der Waals surface area contributed by atoms with E-state index in [1.54, 1.807) is 6.07 Å². The first kappa shape index (κ1) is 14.3. The molecule has 104 valence electrons. The van der Waals surface area contributed by atoms with Gasteiger partial charge >= 0.3 is 5.97 Å². The molecule has 0 atom stereocenters. The van der Waals surface area contributed by atoms with Crippen LogP contribution in [0.15, 0.2) is 42.5 Å². The summed E-state index contributed by atoms with van der Waals surface area (Å²) in [5.41, 5.74) is 4.49. The van der Waals surface area contributed by atoms with E-state index in [4.69, 9.17) is 0 Å². The van der Waals surface area contributed by atoms with Crippen LogP contribution in [0.2, 0.25) is 0 Å². The summed E-state index contributed by atoms with van der Waals surface area (Å²) in [7, 11) is 0. The standard InChI is InChI=1S/C18H20O2/c1-3-4-5-14-7-9-15(10-8-14)17-12-13(2)6-11-16(17)18(19)20/h6-12H,3-5H2,1-2H3,(H,19,20). The SMILES string of the molecule is CCCCc1ccc(-c2cc(C)ccc2C(=O)O)cc1. The highest BCUT2D eigenvalue weighted by Crippen LogP contribution is 2.26. The average molecular weight is 268 g/mol. The van der Waals surface area contributed by atoms with Gasteiger partial charge in [0.1, 0.15) is 0 Å². The van der Waals surface area contributed by atoms with Gasteiger partial charge in [0.15, 0.2) is 0 Å². The summed E-state index contributed by atoms with van der Waals surface area (Å²) in [5, 5.41) is 9.29. The lowest BCUT2D eigenvalue weighted by Gasteiger charge is -2.09. The molecule has 0 amide bonds. The van der Waals surface area contributed by atoms with Crippen molar-refractivity contribution in [3.05, 3.63) is 59.2 Å². The van der Waals surface area contributed by atoms with Crippen LogP contribution in [-0.4, -0.2) is 11.1 Å². The Morgan fingerprint density at radius 3 is 2.40 bits per heavy atom. The number of benzene rings is 2. The van der Waals surface area contributed by atoms with Crippen molar-refractivity contribution in [3.8, 4) is 11.1 Å². The number of carboxylic acid groups (broad SMARTS) is 1.